The van der Waals surface area contributed by atoms with Crippen LogP contribution in [-0.2, 0) is 4.74 Å². The van der Waals surface area contributed by atoms with Crippen LogP contribution in [0.25, 0.3) is 0 Å². The third-order valence-electron chi connectivity index (χ3n) is 4.39. The number of aliphatic hydroxyl groups is 1. The van der Waals surface area contributed by atoms with E-state index in [0.29, 0.717) is 18.0 Å². The molecule has 3 aliphatic rings. The first-order valence-corrected chi connectivity index (χ1v) is 6.87. The molecule has 0 saturated carbocycles. The fourth-order valence-corrected chi connectivity index (χ4v) is 3.51. The van der Waals surface area contributed by atoms with Crippen molar-refractivity contribution in [2.75, 3.05) is 20.3 Å². The summed E-state index contributed by atoms with van der Waals surface area (Å²) < 4.78 is 5.89. The minimum atomic E-state index is 0.282. The van der Waals surface area contributed by atoms with Crippen molar-refractivity contribution in [3.63, 3.8) is 0 Å². The molecule has 2 aliphatic heterocycles. The lowest BCUT2D eigenvalue weighted by molar-refractivity contribution is 0.124. The monoisotopic (exact) mass is 247 g/mol. The number of hydrogen-bond acceptors (Lipinski definition) is 3. The number of rotatable bonds is 3. The van der Waals surface area contributed by atoms with Gasteiger partial charge in [-0.2, -0.15) is 0 Å². The highest BCUT2D eigenvalue weighted by Gasteiger charge is 2.42. The molecule has 2 heterocycles. The van der Waals surface area contributed by atoms with Crippen molar-refractivity contribution in [2.24, 2.45) is 5.92 Å². The summed E-state index contributed by atoms with van der Waals surface area (Å²) >= 11 is 0. The summed E-state index contributed by atoms with van der Waals surface area (Å²) in [5.41, 5.74) is 1.34. The summed E-state index contributed by atoms with van der Waals surface area (Å²) in [7, 11) is 2.20. The van der Waals surface area contributed by atoms with Gasteiger partial charge in [0.1, 0.15) is 5.76 Å². The molecule has 18 heavy (non-hydrogen) atoms. The first-order valence-electron chi connectivity index (χ1n) is 6.87. The third kappa shape index (κ3) is 1.82. The predicted octanol–water partition coefficient (Wildman–Crippen LogP) is 1.86. The highest BCUT2D eigenvalue weighted by Crippen LogP contribution is 2.42. The zero-order valence-corrected chi connectivity index (χ0v) is 10.9. The van der Waals surface area contributed by atoms with E-state index in [1.807, 2.05) is 0 Å². The second-order valence-electron chi connectivity index (χ2n) is 5.35. The Kier molecular flexibility index (Phi) is 3.27. The number of aliphatic hydroxyl groups excluding tert-OH is 1. The molecule has 3 nitrogen and oxygen atoms in total. The number of allylic oxidation sites excluding steroid dienone is 2. The molecule has 98 valence electrons. The fraction of sp³-hybridized carbons (Fsp3) is 0.600. The van der Waals surface area contributed by atoms with Crippen molar-refractivity contribution < 1.29 is 9.84 Å². The third-order valence-corrected chi connectivity index (χ3v) is 4.39. The first-order chi connectivity index (χ1) is 8.83. The second kappa shape index (κ2) is 4.90. The van der Waals surface area contributed by atoms with Gasteiger partial charge in [-0.3, -0.25) is 4.90 Å². The van der Waals surface area contributed by atoms with E-state index in [4.69, 9.17) is 9.84 Å². The van der Waals surface area contributed by atoms with E-state index in [0.717, 1.165) is 25.9 Å². The summed E-state index contributed by atoms with van der Waals surface area (Å²) in [6, 6.07) is 0.850. The van der Waals surface area contributed by atoms with Gasteiger partial charge in [-0.1, -0.05) is 24.3 Å². The summed E-state index contributed by atoms with van der Waals surface area (Å²) in [4.78, 5) is 2.45. The van der Waals surface area contributed by atoms with Crippen LogP contribution in [0.3, 0.4) is 0 Å². The van der Waals surface area contributed by atoms with Gasteiger partial charge in [0.2, 0.25) is 0 Å². The van der Waals surface area contributed by atoms with E-state index in [1.54, 1.807) is 0 Å². The summed E-state index contributed by atoms with van der Waals surface area (Å²) in [6.07, 6.45) is 11.7. The Labute approximate surface area is 108 Å². The molecule has 1 fully saturated rings. The Morgan fingerprint density at radius 1 is 1.44 bits per heavy atom. The molecular weight excluding hydrogens is 226 g/mol. The van der Waals surface area contributed by atoms with Crippen molar-refractivity contribution in [3.8, 4) is 0 Å². The number of hydrogen-bond donors (Lipinski definition) is 1. The van der Waals surface area contributed by atoms with Crippen LogP contribution in [0.15, 0.2) is 35.6 Å². The van der Waals surface area contributed by atoms with Crippen LogP contribution in [0, 0.1) is 5.92 Å². The van der Waals surface area contributed by atoms with Crippen LogP contribution >= 0.6 is 0 Å². The van der Waals surface area contributed by atoms with Crippen LogP contribution in [-0.4, -0.2) is 42.4 Å². The van der Waals surface area contributed by atoms with Crippen molar-refractivity contribution >= 4 is 0 Å². The van der Waals surface area contributed by atoms with Gasteiger partial charge < -0.3 is 9.84 Å². The molecule has 0 amide bonds. The standard InChI is InChI=1S/C15H21NO2/c1-16-13-6-3-2-5-11(13)15-12(8-10-18-15)14(16)7-4-9-17/h2-3,5-6,12-14,17H,4,7-10H2,1H3. The van der Waals surface area contributed by atoms with Gasteiger partial charge in [0, 0.05) is 24.1 Å². The first kappa shape index (κ1) is 12.0. The molecule has 3 rings (SSSR count). The lowest BCUT2D eigenvalue weighted by Crippen LogP contribution is -2.48. The number of likely N-dealkylation sites (N-methyl/N-ethyl adjacent to an activating group) is 1. The SMILES string of the molecule is CN1C2C=CC=CC2=C2OCCC2C1CCCO. The molecule has 1 aliphatic carbocycles. The van der Waals surface area contributed by atoms with Crippen LogP contribution in [0.2, 0.25) is 0 Å². The number of ether oxygens (including phenoxy) is 1. The smallest absolute Gasteiger partial charge is 0.106 e. The number of nitrogens with zero attached hydrogens (tertiary/aromatic N) is 1. The molecule has 0 aromatic heterocycles. The maximum atomic E-state index is 9.07. The van der Waals surface area contributed by atoms with Gasteiger partial charge in [-0.25, -0.2) is 0 Å². The lowest BCUT2D eigenvalue weighted by Gasteiger charge is -2.43. The summed E-state index contributed by atoms with van der Waals surface area (Å²) in [6.45, 7) is 1.13. The molecular formula is C15H21NO2. The molecule has 0 bridgehead atoms. The maximum absolute atomic E-state index is 9.07. The van der Waals surface area contributed by atoms with E-state index in [2.05, 4.69) is 36.3 Å². The molecule has 0 aromatic rings. The summed E-state index contributed by atoms with van der Waals surface area (Å²) in [5.74, 6) is 1.73. The van der Waals surface area contributed by atoms with E-state index in [-0.39, 0.29) is 6.61 Å². The Morgan fingerprint density at radius 3 is 3.17 bits per heavy atom. The Morgan fingerprint density at radius 2 is 2.33 bits per heavy atom. The normalized spacial score (nSPS) is 34.4. The van der Waals surface area contributed by atoms with Crippen LogP contribution < -0.4 is 0 Å². The van der Waals surface area contributed by atoms with Crippen molar-refractivity contribution in [3.05, 3.63) is 35.6 Å². The zero-order valence-electron chi connectivity index (χ0n) is 10.9. The van der Waals surface area contributed by atoms with E-state index >= 15 is 0 Å². The lowest BCUT2D eigenvalue weighted by atomic mass is 9.81. The Balaban J connectivity index is 1.93. The minimum Gasteiger partial charge on any atom is -0.497 e. The van der Waals surface area contributed by atoms with Crippen molar-refractivity contribution in [1.29, 1.82) is 0 Å². The molecule has 0 spiro atoms. The van der Waals surface area contributed by atoms with Crippen molar-refractivity contribution in [1.82, 2.24) is 4.90 Å². The Bertz CT molecular complexity index is 411. The molecule has 1 saturated heterocycles. The topological polar surface area (TPSA) is 32.7 Å². The van der Waals surface area contributed by atoms with Crippen LogP contribution in [0.4, 0.5) is 0 Å². The van der Waals surface area contributed by atoms with Gasteiger partial charge >= 0.3 is 0 Å². The highest BCUT2D eigenvalue weighted by molar-refractivity contribution is 5.42. The van der Waals surface area contributed by atoms with Gasteiger partial charge in [-0.15, -0.1) is 0 Å². The maximum Gasteiger partial charge on any atom is 0.106 e. The predicted molar refractivity (Wildman–Crippen MR) is 71.0 cm³/mol. The quantitative estimate of drug-likeness (QED) is 0.826. The molecule has 0 radical (unpaired) electrons. The Hall–Kier alpha value is -1.06. The minimum absolute atomic E-state index is 0.282. The summed E-state index contributed by atoms with van der Waals surface area (Å²) in [5, 5.41) is 9.07. The van der Waals surface area contributed by atoms with Crippen LogP contribution in [0.5, 0.6) is 0 Å². The van der Waals surface area contributed by atoms with E-state index in [9.17, 15) is 0 Å². The van der Waals surface area contributed by atoms with Crippen LogP contribution in [0.1, 0.15) is 19.3 Å². The molecule has 0 aromatic carbocycles. The average Bonchev–Trinajstić information content (AvgIpc) is 2.88. The second-order valence-corrected chi connectivity index (χ2v) is 5.35. The molecule has 3 atom stereocenters. The fourth-order valence-electron chi connectivity index (χ4n) is 3.51. The van der Waals surface area contributed by atoms with E-state index in [1.165, 1.54) is 11.3 Å². The largest absolute Gasteiger partial charge is 0.497 e. The van der Waals surface area contributed by atoms with Gasteiger partial charge in [-0.05, 0) is 26.3 Å². The molecule has 3 unspecified atom stereocenters. The molecule has 3 heteroatoms. The average molecular weight is 247 g/mol. The van der Waals surface area contributed by atoms with Gasteiger partial charge in [0.25, 0.3) is 0 Å². The van der Waals surface area contributed by atoms with E-state index < -0.39 is 0 Å². The molecule has 1 N–H and O–H groups in total. The number of fused-ring (bicyclic) bond motifs is 2. The van der Waals surface area contributed by atoms with Gasteiger partial charge in [0.05, 0.1) is 12.6 Å². The van der Waals surface area contributed by atoms with Crippen molar-refractivity contribution in [2.45, 2.75) is 31.3 Å². The van der Waals surface area contributed by atoms with Gasteiger partial charge in [0.15, 0.2) is 0 Å². The highest BCUT2D eigenvalue weighted by atomic mass is 16.5. The zero-order chi connectivity index (χ0) is 12.5.